The number of sulfonamides is 1. The van der Waals surface area contributed by atoms with Gasteiger partial charge in [0.05, 0.1) is 16.6 Å². The molecular formula is C37H38ClN5O3S. The number of anilines is 3. The Labute approximate surface area is 282 Å². The molecule has 4 aromatic rings. The SMILES string of the molecule is CN(C)c1ccc(/C=C2/CCCC3C2=NN(C(=O)c2cccc(S(=O)(=O)Nc4ccc(Cl)cc4)c2)C3c2ccc(N(C)C)cc2)cc1. The number of carbonyl (C=O) groups excluding carboxylic acids is 1. The summed E-state index contributed by atoms with van der Waals surface area (Å²) >= 11 is 5.97. The zero-order valence-electron chi connectivity index (χ0n) is 26.9. The minimum absolute atomic E-state index is 0.00342. The van der Waals surface area contributed by atoms with Crippen LogP contribution in [0.15, 0.2) is 113 Å². The van der Waals surface area contributed by atoms with Crippen molar-refractivity contribution in [3.63, 3.8) is 0 Å². The van der Waals surface area contributed by atoms with Gasteiger partial charge in [-0.2, -0.15) is 5.10 Å². The number of allylic oxidation sites excluding steroid dienone is 1. The van der Waals surface area contributed by atoms with Crippen molar-refractivity contribution in [2.45, 2.75) is 30.2 Å². The van der Waals surface area contributed by atoms with Gasteiger partial charge in [0.15, 0.2) is 0 Å². The van der Waals surface area contributed by atoms with Gasteiger partial charge in [-0.3, -0.25) is 9.52 Å². The highest BCUT2D eigenvalue weighted by Crippen LogP contribution is 2.45. The molecule has 4 aromatic carbocycles. The van der Waals surface area contributed by atoms with Crippen LogP contribution >= 0.6 is 11.6 Å². The zero-order chi connectivity index (χ0) is 33.3. The Morgan fingerprint density at radius 3 is 2.17 bits per heavy atom. The molecule has 0 radical (unpaired) electrons. The number of hydrogen-bond donors (Lipinski definition) is 1. The fourth-order valence-corrected chi connectivity index (χ4v) is 7.43. The van der Waals surface area contributed by atoms with Gasteiger partial charge in [-0.15, -0.1) is 0 Å². The highest BCUT2D eigenvalue weighted by Gasteiger charge is 2.44. The van der Waals surface area contributed by atoms with Gasteiger partial charge in [-0.05, 0) is 109 Å². The molecule has 1 aliphatic carbocycles. The Morgan fingerprint density at radius 1 is 0.894 bits per heavy atom. The fourth-order valence-electron chi connectivity index (χ4n) is 6.20. The number of amides is 1. The summed E-state index contributed by atoms with van der Waals surface area (Å²) in [7, 11) is 4.05. The molecule has 1 N–H and O–H groups in total. The molecular weight excluding hydrogens is 630 g/mol. The van der Waals surface area contributed by atoms with Crippen LogP contribution in [0.1, 0.15) is 46.8 Å². The summed E-state index contributed by atoms with van der Waals surface area (Å²) in [5.41, 5.74) is 6.89. The molecule has 0 bridgehead atoms. The van der Waals surface area contributed by atoms with E-state index in [0.29, 0.717) is 10.7 Å². The third-order valence-electron chi connectivity index (χ3n) is 8.70. The first-order chi connectivity index (χ1) is 22.5. The monoisotopic (exact) mass is 667 g/mol. The molecule has 10 heteroatoms. The van der Waals surface area contributed by atoms with Crippen molar-refractivity contribution in [2.75, 3.05) is 42.7 Å². The summed E-state index contributed by atoms with van der Waals surface area (Å²) in [6, 6.07) is 28.8. The van der Waals surface area contributed by atoms with E-state index in [4.69, 9.17) is 16.7 Å². The van der Waals surface area contributed by atoms with Crippen molar-refractivity contribution < 1.29 is 13.2 Å². The third-order valence-corrected chi connectivity index (χ3v) is 10.3. The number of nitrogens with one attached hydrogen (secondary N) is 1. The molecule has 1 amide bonds. The van der Waals surface area contributed by atoms with Crippen LogP contribution in [0, 0.1) is 5.92 Å². The van der Waals surface area contributed by atoms with Gasteiger partial charge in [-0.1, -0.05) is 41.9 Å². The minimum atomic E-state index is -3.97. The van der Waals surface area contributed by atoms with Crippen molar-refractivity contribution in [2.24, 2.45) is 11.0 Å². The van der Waals surface area contributed by atoms with Gasteiger partial charge in [0.1, 0.15) is 0 Å². The second-order valence-corrected chi connectivity index (χ2v) is 14.5. The molecule has 2 atom stereocenters. The Balaban J connectivity index is 1.37. The van der Waals surface area contributed by atoms with Gasteiger partial charge >= 0.3 is 0 Å². The molecule has 2 aliphatic rings. The summed E-state index contributed by atoms with van der Waals surface area (Å²) < 4.78 is 29.2. The Morgan fingerprint density at radius 2 is 1.53 bits per heavy atom. The predicted molar refractivity (Wildman–Crippen MR) is 192 cm³/mol. The number of halogens is 1. The highest BCUT2D eigenvalue weighted by molar-refractivity contribution is 7.92. The number of nitrogens with zero attached hydrogens (tertiary/aromatic N) is 4. The van der Waals surface area contributed by atoms with E-state index >= 15 is 0 Å². The number of hydrogen-bond acceptors (Lipinski definition) is 6. The molecule has 2 unspecified atom stereocenters. The summed E-state index contributed by atoms with van der Waals surface area (Å²) in [5.74, 6) is -0.351. The van der Waals surface area contributed by atoms with Gasteiger partial charge in [-0.25, -0.2) is 13.4 Å². The summed E-state index contributed by atoms with van der Waals surface area (Å²) in [6.07, 6.45) is 4.91. The van der Waals surface area contributed by atoms with Gasteiger partial charge in [0.25, 0.3) is 15.9 Å². The van der Waals surface area contributed by atoms with Crippen LogP contribution in [0.2, 0.25) is 5.02 Å². The minimum Gasteiger partial charge on any atom is -0.378 e. The highest BCUT2D eigenvalue weighted by atomic mass is 35.5. The molecule has 1 saturated carbocycles. The molecule has 1 fully saturated rings. The maximum Gasteiger partial charge on any atom is 0.274 e. The lowest BCUT2D eigenvalue weighted by Gasteiger charge is -2.30. The average molecular weight is 668 g/mol. The second-order valence-electron chi connectivity index (χ2n) is 12.4. The lowest BCUT2D eigenvalue weighted by Crippen LogP contribution is -2.32. The van der Waals surface area contributed by atoms with Crippen molar-refractivity contribution in [1.29, 1.82) is 0 Å². The molecule has 0 saturated heterocycles. The van der Waals surface area contributed by atoms with E-state index in [9.17, 15) is 13.2 Å². The molecule has 242 valence electrons. The Kier molecular flexibility index (Phi) is 9.12. The molecule has 47 heavy (non-hydrogen) atoms. The van der Waals surface area contributed by atoms with E-state index in [1.54, 1.807) is 41.4 Å². The molecule has 6 rings (SSSR count). The quantitative estimate of drug-likeness (QED) is 0.208. The molecule has 0 spiro atoms. The van der Waals surface area contributed by atoms with E-state index in [0.717, 1.165) is 53.0 Å². The smallest absolute Gasteiger partial charge is 0.274 e. The number of fused-ring (bicyclic) bond motifs is 1. The Bertz CT molecular complexity index is 1940. The second kappa shape index (κ2) is 13.3. The fraction of sp³-hybridized carbons (Fsp3) is 0.243. The van der Waals surface area contributed by atoms with Crippen molar-refractivity contribution in [3.05, 3.63) is 124 Å². The zero-order valence-corrected chi connectivity index (χ0v) is 28.5. The van der Waals surface area contributed by atoms with Crippen molar-refractivity contribution in [1.82, 2.24) is 5.01 Å². The number of benzene rings is 4. The van der Waals surface area contributed by atoms with Crippen molar-refractivity contribution >= 4 is 56.4 Å². The van der Waals surface area contributed by atoms with Gasteiger partial charge in [0, 0.05) is 61.8 Å². The Hall–Kier alpha value is -4.60. The number of hydrazone groups is 1. The van der Waals surface area contributed by atoms with Crippen LogP contribution in [0.25, 0.3) is 6.08 Å². The van der Waals surface area contributed by atoms with Crippen LogP contribution in [0.3, 0.4) is 0 Å². The topological polar surface area (TPSA) is 85.3 Å². The van der Waals surface area contributed by atoms with E-state index in [1.165, 1.54) is 12.1 Å². The molecule has 1 heterocycles. The van der Waals surface area contributed by atoms with E-state index in [1.807, 2.05) is 33.1 Å². The first-order valence-corrected chi connectivity index (χ1v) is 17.4. The van der Waals surface area contributed by atoms with Crippen molar-refractivity contribution in [3.8, 4) is 0 Å². The largest absolute Gasteiger partial charge is 0.378 e. The van der Waals surface area contributed by atoms with Gasteiger partial charge in [0.2, 0.25) is 0 Å². The third kappa shape index (κ3) is 6.92. The van der Waals surface area contributed by atoms with Crippen LogP contribution < -0.4 is 14.5 Å². The summed E-state index contributed by atoms with van der Waals surface area (Å²) in [4.78, 5) is 18.4. The van der Waals surface area contributed by atoms with Gasteiger partial charge < -0.3 is 9.80 Å². The lowest BCUT2D eigenvalue weighted by atomic mass is 9.77. The molecule has 0 aromatic heterocycles. The van der Waals surface area contributed by atoms with Crippen LogP contribution in [0.4, 0.5) is 17.1 Å². The van der Waals surface area contributed by atoms with Crippen LogP contribution in [0.5, 0.6) is 0 Å². The number of rotatable bonds is 8. The molecule has 8 nitrogen and oxygen atoms in total. The summed E-state index contributed by atoms with van der Waals surface area (Å²) in [6.45, 7) is 0. The van der Waals surface area contributed by atoms with Crippen LogP contribution in [-0.4, -0.2) is 53.2 Å². The maximum atomic E-state index is 14.3. The first kappa shape index (κ1) is 32.3. The number of carbonyl (C=O) groups is 1. The van der Waals surface area contributed by atoms with E-state index in [2.05, 4.69) is 64.2 Å². The van der Waals surface area contributed by atoms with E-state index < -0.39 is 10.0 Å². The first-order valence-electron chi connectivity index (χ1n) is 15.6. The lowest BCUT2D eigenvalue weighted by molar-refractivity contribution is 0.0680. The predicted octanol–water partition coefficient (Wildman–Crippen LogP) is 7.71. The summed E-state index contributed by atoms with van der Waals surface area (Å²) in [5, 5.41) is 7.10. The normalized spacial score (nSPS) is 18.4. The maximum absolute atomic E-state index is 14.3. The standard InChI is InChI=1S/C37H38ClN5O3S/c1-41(2)31-19-11-25(12-20-31)23-27-7-6-10-34-35(27)39-43(36(34)26-13-21-32(22-14-26)42(3)4)37(44)28-8-5-9-33(24-28)47(45,46)40-30-17-15-29(38)16-18-30/h5,8-9,11-24,34,36,40H,6-7,10H2,1-4H3/b27-23-. The molecule has 1 aliphatic heterocycles. The van der Waals surface area contributed by atoms with Crippen LogP contribution in [-0.2, 0) is 10.0 Å². The average Bonchev–Trinajstić information content (AvgIpc) is 3.46. The van der Waals surface area contributed by atoms with E-state index in [-0.39, 0.29) is 28.3 Å².